The maximum atomic E-state index is 12.8. The van der Waals surface area contributed by atoms with Crippen LogP contribution in [0.3, 0.4) is 0 Å². The van der Waals surface area contributed by atoms with Gasteiger partial charge >= 0.3 is 0 Å². The molecule has 2 aliphatic carbocycles. The van der Waals surface area contributed by atoms with Crippen LogP contribution < -0.4 is 5.32 Å². The van der Waals surface area contributed by atoms with E-state index < -0.39 is 0 Å². The Hall–Kier alpha value is -0.830. The van der Waals surface area contributed by atoms with Crippen molar-refractivity contribution in [2.45, 2.75) is 69.5 Å². The van der Waals surface area contributed by atoms with Gasteiger partial charge in [0.1, 0.15) is 0 Å². The molecule has 4 unspecified atom stereocenters. The second-order valence-electron chi connectivity index (χ2n) is 6.35. The first-order valence-electron chi connectivity index (χ1n) is 7.97. The number of hydrogen-bond donors (Lipinski definition) is 1. The van der Waals surface area contributed by atoms with Crippen molar-refractivity contribution in [1.29, 1.82) is 0 Å². The minimum Gasteiger partial charge on any atom is -0.332 e. The van der Waals surface area contributed by atoms with E-state index in [4.69, 9.17) is 0 Å². The Kier molecular flexibility index (Phi) is 3.92. The van der Waals surface area contributed by atoms with E-state index in [1.165, 1.54) is 38.5 Å². The van der Waals surface area contributed by atoms with E-state index in [9.17, 15) is 4.79 Å². The molecule has 4 atom stereocenters. The summed E-state index contributed by atoms with van der Waals surface area (Å²) in [6.45, 7) is 0. The van der Waals surface area contributed by atoms with Crippen LogP contribution in [-0.4, -0.2) is 36.0 Å². The number of amides is 1. The van der Waals surface area contributed by atoms with Gasteiger partial charge in [0.2, 0.25) is 5.91 Å². The Labute approximate surface area is 116 Å². The molecule has 106 valence electrons. The Morgan fingerprint density at radius 2 is 2.05 bits per heavy atom. The van der Waals surface area contributed by atoms with E-state index >= 15 is 0 Å². The van der Waals surface area contributed by atoms with Gasteiger partial charge < -0.3 is 10.2 Å². The first-order chi connectivity index (χ1) is 9.31. The van der Waals surface area contributed by atoms with E-state index in [-0.39, 0.29) is 6.04 Å². The number of nitrogens with zero attached hydrogens (tertiary/aromatic N) is 1. The molecule has 0 bridgehead atoms. The van der Waals surface area contributed by atoms with Crippen LogP contribution in [0.25, 0.3) is 0 Å². The average Bonchev–Trinajstić information content (AvgIpc) is 2.84. The molecule has 3 nitrogen and oxygen atoms in total. The van der Waals surface area contributed by atoms with Crippen molar-refractivity contribution in [1.82, 2.24) is 10.2 Å². The van der Waals surface area contributed by atoms with Gasteiger partial charge in [0.25, 0.3) is 0 Å². The summed E-state index contributed by atoms with van der Waals surface area (Å²) in [4.78, 5) is 15.1. The molecule has 3 rings (SSSR count). The Bertz CT molecular complexity index is 366. The van der Waals surface area contributed by atoms with Crippen molar-refractivity contribution in [3.05, 3.63) is 12.2 Å². The van der Waals surface area contributed by atoms with Crippen LogP contribution in [0.5, 0.6) is 0 Å². The third kappa shape index (κ3) is 2.45. The average molecular weight is 262 g/mol. The zero-order valence-corrected chi connectivity index (χ0v) is 12.0. The number of carbonyl (C=O) groups excluding carboxylic acids is 1. The lowest BCUT2D eigenvalue weighted by molar-refractivity contribution is -0.137. The van der Waals surface area contributed by atoms with E-state index in [0.717, 1.165) is 18.8 Å². The van der Waals surface area contributed by atoms with Crippen LogP contribution in [0.1, 0.15) is 51.4 Å². The summed E-state index contributed by atoms with van der Waals surface area (Å²) >= 11 is 0. The molecule has 1 N–H and O–H groups in total. The summed E-state index contributed by atoms with van der Waals surface area (Å²) in [5.41, 5.74) is 0. The number of carbonyl (C=O) groups is 1. The van der Waals surface area contributed by atoms with Gasteiger partial charge in [-0.15, -0.1) is 0 Å². The van der Waals surface area contributed by atoms with Crippen LogP contribution in [0.2, 0.25) is 0 Å². The van der Waals surface area contributed by atoms with E-state index in [0.29, 0.717) is 18.0 Å². The minimum absolute atomic E-state index is 0.0425. The molecular weight excluding hydrogens is 236 g/mol. The van der Waals surface area contributed by atoms with Crippen molar-refractivity contribution >= 4 is 5.91 Å². The number of likely N-dealkylation sites (tertiary alicyclic amines) is 1. The number of nitrogens with one attached hydrogen (secondary N) is 1. The second-order valence-corrected chi connectivity index (χ2v) is 6.35. The van der Waals surface area contributed by atoms with Crippen LogP contribution >= 0.6 is 0 Å². The summed E-state index contributed by atoms with van der Waals surface area (Å²) in [6.07, 6.45) is 14.2. The number of allylic oxidation sites excluding steroid dienone is 1. The van der Waals surface area contributed by atoms with Crippen LogP contribution in [0.4, 0.5) is 0 Å². The van der Waals surface area contributed by atoms with Crippen molar-refractivity contribution in [2.24, 2.45) is 5.92 Å². The highest BCUT2D eigenvalue weighted by Crippen LogP contribution is 2.38. The topological polar surface area (TPSA) is 32.3 Å². The lowest BCUT2D eigenvalue weighted by Gasteiger charge is -2.38. The molecule has 1 saturated carbocycles. The van der Waals surface area contributed by atoms with E-state index in [2.05, 4.69) is 22.4 Å². The normalized spacial score (nSPS) is 39.2. The Morgan fingerprint density at radius 1 is 1.16 bits per heavy atom. The quantitative estimate of drug-likeness (QED) is 0.775. The summed E-state index contributed by atoms with van der Waals surface area (Å²) in [6, 6.07) is 0.917. The van der Waals surface area contributed by atoms with Gasteiger partial charge in [-0.1, -0.05) is 18.6 Å². The molecule has 1 amide bonds. The summed E-state index contributed by atoms with van der Waals surface area (Å²) in [5, 5.41) is 3.24. The molecule has 0 aromatic heterocycles. The summed E-state index contributed by atoms with van der Waals surface area (Å²) in [7, 11) is 1.93. The predicted octanol–water partition coefficient (Wildman–Crippen LogP) is 2.47. The molecule has 1 heterocycles. The lowest BCUT2D eigenvalue weighted by atomic mass is 9.95. The smallest absolute Gasteiger partial charge is 0.240 e. The number of hydrogen-bond acceptors (Lipinski definition) is 2. The Morgan fingerprint density at radius 3 is 2.79 bits per heavy atom. The van der Waals surface area contributed by atoms with Crippen molar-refractivity contribution in [3.8, 4) is 0 Å². The largest absolute Gasteiger partial charge is 0.332 e. The van der Waals surface area contributed by atoms with Crippen molar-refractivity contribution in [2.75, 3.05) is 7.05 Å². The number of fused-ring (bicyclic) bond motifs is 1. The maximum Gasteiger partial charge on any atom is 0.240 e. The molecule has 19 heavy (non-hydrogen) atoms. The maximum absolute atomic E-state index is 12.8. The molecule has 3 aliphatic rings. The van der Waals surface area contributed by atoms with Gasteiger partial charge in [-0.3, -0.25) is 4.79 Å². The molecule has 0 spiro atoms. The first-order valence-corrected chi connectivity index (χ1v) is 7.97. The third-order valence-electron chi connectivity index (χ3n) is 5.29. The van der Waals surface area contributed by atoms with Gasteiger partial charge in [0.15, 0.2) is 0 Å². The van der Waals surface area contributed by atoms with Gasteiger partial charge in [0.05, 0.1) is 12.1 Å². The molecule has 1 aliphatic heterocycles. The fourth-order valence-corrected chi connectivity index (χ4v) is 4.27. The monoisotopic (exact) mass is 262 g/mol. The van der Waals surface area contributed by atoms with Crippen LogP contribution in [0.15, 0.2) is 12.2 Å². The van der Waals surface area contributed by atoms with Gasteiger partial charge in [-0.25, -0.2) is 0 Å². The second kappa shape index (κ2) is 5.66. The molecule has 3 heteroatoms. The SMILES string of the molecule is CNC1CCC2CCCC2N(C2C=CCCC2)C1=O. The zero-order chi connectivity index (χ0) is 13.2. The third-order valence-corrected chi connectivity index (χ3v) is 5.29. The van der Waals surface area contributed by atoms with Gasteiger partial charge in [-0.05, 0) is 57.9 Å². The highest BCUT2D eigenvalue weighted by atomic mass is 16.2. The molecular formula is C16H26N2O. The highest BCUT2D eigenvalue weighted by molar-refractivity contribution is 5.83. The van der Waals surface area contributed by atoms with Crippen molar-refractivity contribution in [3.63, 3.8) is 0 Å². The minimum atomic E-state index is 0.0425. The predicted molar refractivity (Wildman–Crippen MR) is 76.8 cm³/mol. The first kappa shape index (κ1) is 13.2. The number of rotatable bonds is 2. The fourth-order valence-electron chi connectivity index (χ4n) is 4.27. The fraction of sp³-hybridized carbons (Fsp3) is 0.812. The highest BCUT2D eigenvalue weighted by Gasteiger charge is 2.42. The molecule has 0 aromatic carbocycles. The lowest BCUT2D eigenvalue weighted by Crippen LogP contribution is -2.52. The zero-order valence-electron chi connectivity index (χ0n) is 12.0. The number of likely N-dealkylation sites (N-methyl/N-ethyl adjacent to an activating group) is 1. The standard InChI is InChI=1S/C16H26N2O/c1-17-14-11-10-12-6-5-9-15(12)18(16(14)19)13-7-3-2-4-8-13/h3,7,12-15,17H,2,4-6,8-11H2,1H3. The van der Waals surface area contributed by atoms with Crippen LogP contribution in [-0.2, 0) is 4.79 Å². The van der Waals surface area contributed by atoms with E-state index in [1.807, 2.05) is 7.05 Å². The molecule has 1 saturated heterocycles. The molecule has 0 aromatic rings. The Balaban J connectivity index is 1.87. The molecule has 0 radical (unpaired) electrons. The summed E-state index contributed by atoms with van der Waals surface area (Å²) < 4.78 is 0. The molecule has 2 fully saturated rings. The van der Waals surface area contributed by atoms with Crippen molar-refractivity contribution < 1.29 is 4.79 Å². The van der Waals surface area contributed by atoms with Gasteiger partial charge in [-0.2, -0.15) is 0 Å². The van der Waals surface area contributed by atoms with E-state index in [1.54, 1.807) is 0 Å². The van der Waals surface area contributed by atoms with Crippen LogP contribution in [0, 0.1) is 5.92 Å². The van der Waals surface area contributed by atoms with Gasteiger partial charge in [0, 0.05) is 6.04 Å². The summed E-state index contributed by atoms with van der Waals surface area (Å²) in [5.74, 6) is 1.10.